The third-order valence-electron chi connectivity index (χ3n) is 7.41. The van der Waals surface area contributed by atoms with Crippen LogP contribution in [0.15, 0.2) is 102 Å². The van der Waals surface area contributed by atoms with E-state index in [0.29, 0.717) is 40.0 Å². The molecule has 4 rings (SSSR count). The van der Waals surface area contributed by atoms with E-state index in [0.717, 1.165) is 15.4 Å². The maximum absolute atomic E-state index is 14.5. The molecule has 11 heteroatoms. The lowest BCUT2D eigenvalue weighted by atomic mass is 10.0. The van der Waals surface area contributed by atoms with Crippen LogP contribution in [0.25, 0.3) is 0 Å². The number of hydrogen-bond acceptors (Lipinski definition) is 5. The van der Waals surface area contributed by atoms with Crippen molar-refractivity contribution in [2.75, 3.05) is 24.5 Å². The van der Waals surface area contributed by atoms with Crippen LogP contribution < -0.4 is 14.4 Å². The molecule has 0 spiro atoms. The van der Waals surface area contributed by atoms with Gasteiger partial charge >= 0.3 is 0 Å². The van der Waals surface area contributed by atoms with Gasteiger partial charge in [-0.3, -0.25) is 13.9 Å². The number of anilines is 1. The molecule has 0 radical (unpaired) electrons. The van der Waals surface area contributed by atoms with Crippen LogP contribution in [-0.2, 0) is 32.6 Å². The molecule has 2 amide bonds. The number of carbonyl (C=O) groups excluding carboxylic acids is 2. The van der Waals surface area contributed by atoms with Crippen molar-refractivity contribution in [2.45, 2.75) is 44.2 Å². The van der Waals surface area contributed by atoms with E-state index in [9.17, 15) is 18.0 Å². The number of aryl methyl sites for hydroxylation is 1. The number of hydrogen-bond donors (Lipinski definition) is 1. The quantitative estimate of drug-likeness (QED) is 0.160. The predicted octanol–water partition coefficient (Wildman–Crippen LogP) is 6.67. The molecule has 46 heavy (non-hydrogen) atoms. The number of methoxy groups -OCH3 is 1. The highest BCUT2D eigenvalue weighted by Crippen LogP contribution is 2.28. The fraction of sp³-hybridized carbons (Fsp3) is 0.257. The summed E-state index contributed by atoms with van der Waals surface area (Å²) in [6.07, 6.45) is 0.908. The average Bonchev–Trinajstić information content (AvgIpc) is 3.06. The molecule has 0 aliphatic heterocycles. The lowest BCUT2D eigenvalue weighted by Gasteiger charge is -2.34. The van der Waals surface area contributed by atoms with Gasteiger partial charge in [-0.15, -0.1) is 0 Å². The normalized spacial score (nSPS) is 11.8. The number of sulfonamides is 1. The Morgan fingerprint density at radius 2 is 1.54 bits per heavy atom. The smallest absolute Gasteiger partial charge is 0.264 e. The lowest BCUT2D eigenvalue weighted by molar-refractivity contribution is -0.140. The van der Waals surface area contributed by atoms with E-state index in [2.05, 4.69) is 5.32 Å². The summed E-state index contributed by atoms with van der Waals surface area (Å²) in [7, 11) is -2.74. The van der Waals surface area contributed by atoms with Crippen molar-refractivity contribution in [3.63, 3.8) is 0 Å². The van der Waals surface area contributed by atoms with Gasteiger partial charge in [-0.1, -0.05) is 84.2 Å². The molecule has 4 aromatic rings. The molecule has 0 aliphatic rings. The van der Waals surface area contributed by atoms with Crippen molar-refractivity contribution < 1.29 is 22.7 Å². The van der Waals surface area contributed by atoms with Crippen LogP contribution in [0.5, 0.6) is 5.75 Å². The Balaban J connectivity index is 1.80. The molecule has 1 unspecified atom stereocenters. The van der Waals surface area contributed by atoms with Crippen molar-refractivity contribution in [2.24, 2.45) is 0 Å². The first-order valence-corrected chi connectivity index (χ1v) is 17.0. The van der Waals surface area contributed by atoms with Gasteiger partial charge in [0.05, 0.1) is 27.7 Å². The molecule has 0 heterocycles. The number of benzene rings is 4. The van der Waals surface area contributed by atoms with E-state index in [1.54, 1.807) is 54.6 Å². The Bertz CT molecular complexity index is 1730. The average molecular weight is 683 g/mol. The first kappa shape index (κ1) is 34.8. The maximum Gasteiger partial charge on any atom is 0.264 e. The van der Waals surface area contributed by atoms with E-state index in [-0.39, 0.29) is 23.8 Å². The summed E-state index contributed by atoms with van der Waals surface area (Å²) in [6.45, 7) is 3.66. The van der Waals surface area contributed by atoms with E-state index < -0.39 is 28.5 Å². The summed E-state index contributed by atoms with van der Waals surface area (Å²) >= 11 is 12.5. The fourth-order valence-corrected chi connectivity index (χ4v) is 6.60. The molecule has 0 aliphatic carbocycles. The number of rotatable bonds is 14. The van der Waals surface area contributed by atoms with E-state index >= 15 is 0 Å². The van der Waals surface area contributed by atoms with Gasteiger partial charge < -0.3 is 15.0 Å². The SMILES string of the molecule is CCCNC(=O)C(Cc1ccccc1)N(Cc1ccc(Cl)c(Cl)c1)C(=O)CN(c1ccc(C)cc1)S(=O)(=O)c1ccc(OC)cc1. The molecule has 1 N–H and O–H groups in total. The fourth-order valence-electron chi connectivity index (χ4n) is 4.87. The second-order valence-corrected chi connectivity index (χ2v) is 13.5. The second-order valence-electron chi connectivity index (χ2n) is 10.8. The Labute approximate surface area is 280 Å². The number of halogens is 2. The monoisotopic (exact) mass is 681 g/mol. The molecule has 1 atom stereocenters. The van der Waals surface area contributed by atoms with Crippen molar-refractivity contribution in [1.82, 2.24) is 10.2 Å². The maximum atomic E-state index is 14.5. The van der Waals surface area contributed by atoms with E-state index in [4.69, 9.17) is 27.9 Å². The Kier molecular flexibility index (Phi) is 12.1. The molecule has 0 saturated heterocycles. The third-order valence-corrected chi connectivity index (χ3v) is 9.93. The van der Waals surface area contributed by atoms with Gasteiger partial charge in [0.15, 0.2) is 0 Å². The van der Waals surface area contributed by atoms with Crippen LogP contribution in [0.1, 0.15) is 30.0 Å². The molecule has 0 saturated carbocycles. The number of ether oxygens (including phenoxy) is 1. The van der Waals surface area contributed by atoms with Crippen molar-refractivity contribution in [3.8, 4) is 5.75 Å². The van der Waals surface area contributed by atoms with Crippen molar-refractivity contribution in [3.05, 3.63) is 124 Å². The second kappa shape index (κ2) is 16.0. The highest BCUT2D eigenvalue weighted by molar-refractivity contribution is 7.92. The van der Waals surface area contributed by atoms with Gasteiger partial charge in [-0.25, -0.2) is 8.42 Å². The van der Waals surface area contributed by atoms with Crippen LogP contribution >= 0.6 is 23.2 Å². The van der Waals surface area contributed by atoms with Crippen molar-refractivity contribution in [1.29, 1.82) is 0 Å². The number of carbonyl (C=O) groups is 2. The minimum atomic E-state index is -4.23. The number of amides is 2. The van der Waals surface area contributed by atoms with Crippen LogP contribution in [-0.4, -0.2) is 51.4 Å². The first-order valence-electron chi connectivity index (χ1n) is 14.8. The predicted molar refractivity (Wildman–Crippen MR) is 183 cm³/mol. The van der Waals surface area contributed by atoms with E-state index in [1.807, 2.05) is 44.2 Å². The Hall–Kier alpha value is -4.05. The van der Waals surface area contributed by atoms with Crippen LogP contribution in [0.3, 0.4) is 0 Å². The standard InChI is InChI=1S/C35H37Cl2N3O5S/c1-4-20-38-35(42)33(22-26-8-6-5-7-9-26)39(23-27-12-19-31(36)32(37)21-27)34(41)24-40(28-13-10-25(2)11-14-28)46(43,44)30-17-15-29(45-3)16-18-30/h5-19,21,33H,4,20,22-24H2,1-3H3,(H,38,42). The van der Waals surface area contributed by atoms with Crippen molar-refractivity contribution >= 4 is 50.7 Å². The zero-order chi connectivity index (χ0) is 33.3. The highest BCUT2D eigenvalue weighted by atomic mass is 35.5. The molecule has 0 fully saturated rings. The summed E-state index contributed by atoms with van der Waals surface area (Å²) in [5, 5.41) is 3.57. The largest absolute Gasteiger partial charge is 0.497 e. The zero-order valence-electron chi connectivity index (χ0n) is 26.0. The molecule has 0 bridgehead atoms. The first-order chi connectivity index (χ1) is 22.0. The van der Waals surface area contributed by atoms with Gasteiger partial charge in [-0.05, 0) is 73.0 Å². The molecule has 0 aromatic heterocycles. The van der Waals surface area contributed by atoms with Gasteiger partial charge in [0.25, 0.3) is 10.0 Å². The number of nitrogens with zero attached hydrogens (tertiary/aromatic N) is 2. The highest BCUT2D eigenvalue weighted by Gasteiger charge is 2.34. The van der Waals surface area contributed by atoms with Gasteiger partial charge in [0.1, 0.15) is 18.3 Å². The van der Waals surface area contributed by atoms with Gasteiger partial charge in [0, 0.05) is 19.5 Å². The summed E-state index contributed by atoms with van der Waals surface area (Å²) in [6, 6.07) is 26.2. The molecule has 242 valence electrons. The lowest BCUT2D eigenvalue weighted by Crippen LogP contribution is -2.53. The summed E-state index contributed by atoms with van der Waals surface area (Å²) < 4.78 is 34.6. The number of nitrogens with one attached hydrogen (secondary N) is 1. The summed E-state index contributed by atoms with van der Waals surface area (Å²) in [5.74, 6) is -0.429. The zero-order valence-corrected chi connectivity index (χ0v) is 28.3. The molecular weight excluding hydrogens is 645 g/mol. The third kappa shape index (κ3) is 8.81. The van der Waals surface area contributed by atoms with Gasteiger partial charge in [0.2, 0.25) is 11.8 Å². The Morgan fingerprint density at radius 3 is 2.15 bits per heavy atom. The minimum Gasteiger partial charge on any atom is -0.497 e. The molecule has 8 nitrogen and oxygen atoms in total. The van der Waals surface area contributed by atoms with Crippen LogP contribution in [0.2, 0.25) is 10.0 Å². The van der Waals surface area contributed by atoms with Crippen LogP contribution in [0, 0.1) is 6.92 Å². The molecular formula is C35H37Cl2N3O5S. The summed E-state index contributed by atoms with van der Waals surface area (Å²) in [4.78, 5) is 29.6. The topological polar surface area (TPSA) is 96.0 Å². The minimum absolute atomic E-state index is 0.0146. The Morgan fingerprint density at radius 1 is 0.870 bits per heavy atom. The summed E-state index contributed by atoms with van der Waals surface area (Å²) in [5.41, 5.74) is 2.70. The van der Waals surface area contributed by atoms with Crippen LogP contribution in [0.4, 0.5) is 5.69 Å². The van der Waals surface area contributed by atoms with E-state index in [1.165, 1.54) is 24.1 Å². The van der Waals surface area contributed by atoms with Gasteiger partial charge in [-0.2, -0.15) is 0 Å². The molecule has 4 aromatic carbocycles.